The third-order valence-electron chi connectivity index (χ3n) is 2.55. The third-order valence-corrected chi connectivity index (χ3v) is 2.55. The van der Waals surface area contributed by atoms with Gasteiger partial charge >= 0.3 is 11.1 Å². The van der Waals surface area contributed by atoms with Crippen LogP contribution in [0.5, 0.6) is 0 Å². The first-order valence-corrected chi connectivity index (χ1v) is 5.03. The zero-order chi connectivity index (χ0) is 11.4. The average Bonchev–Trinajstić information content (AvgIpc) is 2.25. The highest BCUT2D eigenvalue weighted by Crippen LogP contribution is 1.92. The first kappa shape index (κ1) is 11.7. The molecule has 1 rings (SSSR count). The van der Waals surface area contributed by atoms with Crippen LogP contribution in [0.25, 0.3) is 0 Å². The van der Waals surface area contributed by atoms with Gasteiger partial charge in [-0.1, -0.05) is 6.92 Å². The third kappa shape index (κ3) is 2.56. The molecule has 0 fully saturated rings. The van der Waals surface area contributed by atoms with E-state index >= 15 is 0 Å². The van der Waals surface area contributed by atoms with E-state index in [1.165, 1.54) is 9.13 Å². The Balaban J connectivity index is 3.02. The monoisotopic (exact) mass is 211 g/mol. The molecule has 0 saturated heterocycles. The fourth-order valence-corrected chi connectivity index (χ4v) is 1.40. The van der Waals surface area contributed by atoms with Gasteiger partial charge in [0.05, 0.1) is 0 Å². The minimum Gasteiger partial charge on any atom is -0.315 e. The van der Waals surface area contributed by atoms with E-state index in [2.05, 4.69) is 5.32 Å². The first-order valence-electron chi connectivity index (χ1n) is 5.03. The smallest absolute Gasteiger partial charge is 0.315 e. The minimum absolute atomic E-state index is 0.217. The summed E-state index contributed by atoms with van der Waals surface area (Å²) in [5.41, 5.74) is -0.947. The van der Waals surface area contributed by atoms with Gasteiger partial charge in [0.1, 0.15) is 0 Å². The highest BCUT2D eigenvalue weighted by molar-refractivity contribution is 4.85. The quantitative estimate of drug-likeness (QED) is 0.686. The molecule has 0 amide bonds. The number of aryl methyl sites for hydroxylation is 1. The summed E-state index contributed by atoms with van der Waals surface area (Å²) in [6.45, 7) is 2.56. The Morgan fingerprint density at radius 2 is 2.00 bits per heavy atom. The molecule has 5 nitrogen and oxygen atoms in total. The maximum atomic E-state index is 11.6. The SMILES string of the molecule is CCC(Cn1ccn(C)c(=O)c1=O)NC. The number of likely N-dealkylation sites (N-methyl/N-ethyl adjacent to an activating group) is 1. The molecule has 0 aliphatic rings. The summed E-state index contributed by atoms with van der Waals surface area (Å²) in [5, 5.41) is 3.09. The van der Waals surface area contributed by atoms with Gasteiger partial charge < -0.3 is 14.5 Å². The first-order chi connectivity index (χ1) is 7.10. The lowest BCUT2D eigenvalue weighted by molar-refractivity contribution is 0.456. The predicted molar refractivity (Wildman–Crippen MR) is 59.1 cm³/mol. The molecule has 0 aromatic carbocycles. The van der Waals surface area contributed by atoms with Crippen LogP contribution in [0.1, 0.15) is 13.3 Å². The lowest BCUT2D eigenvalue weighted by Crippen LogP contribution is -2.43. The molecule has 0 aliphatic heterocycles. The van der Waals surface area contributed by atoms with Crippen molar-refractivity contribution in [3.8, 4) is 0 Å². The van der Waals surface area contributed by atoms with Gasteiger partial charge in [-0.15, -0.1) is 0 Å². The Morgan fingerprint density at radius 3 is 2.53 bits per heavy atom. The van der Waals surface area contributed by atoms with Gasteiger partial charge in [-0.3, -0.25) is 9.59 Å². The Hall–Kier alpha value is -1.36. The molecular formula is C10H17N3O2. The molecule has 0 spiro atoms. The second kappa shape index (κ2) is 4.93. The van der Waals surface area contributed by atoms with Crippen molar-refractivity contribution in [1.29, 1.82) is 0 Å². The molecule has 1 heterocycles. The number of rotatable bonds is 4. The van der Waals surface area contributed by atoms with E-state index in [9.17, 15) is 9.59 Å². The summed E-state index contributed by atoms with van der Waals surface area (Å²) in [6, 6.07) is 0.217. The van der Waals surface area contributed by atoms with Crippen molar-refractivity contribution >= 4 is 0 Å². The van der Waals surface area contributed by atoms with Crippen molar-refractivity contribution in [3.63, 3.8) is 0 Å². The molecule has 1 atom stereocenters. The van der Waals surface area contributed by atoms with E-state index < -0.39 is 11.1 Å². The minimum atomic E-state index is -0.483. The van der Waals surface area contributed by atoms with Gasteiger partial charge in [0.15, 0.2) is 0 Å². The molecule has 0 aliphatic carbocycles. The Morgan fingerprint density at radius 1 is 1.33 bits per heavy atom. The molecule has 84 valence electrons. The lowest BCUT2D eigenvalue weighted by Gasteiger charge is -2.15. The van der Waals surface area contributed by atoms with Crippen LogP contribution >= 0.6 is 0 Å². The lowest BCUT2D eigenvalue weighted by atomic mass is 10.2. The van der Waals surface area contributed by atoms with Crippen molar-refractivity contribution < 1.29 is 0 Å². The second-order valence-corrected chi connectivity index (χ2v) is 3.57. The normalized spacial score (nSPS) is 12.7. The number of nitrogens with one attached hydrogen (secondary N) is 1. The van der Waals surface area contributed by atoms with Crippen molar-refractivity contribution in [3.05, 3.63) is 33.1 Å². The van der Waals surface area contributed by atoms with E-state index in [1.54, 1.807) is 19.4 Å². The fourth-order valence-electron chi connectivity index (χ4n) is 1.40. The maximum absolute atomic E-state index is 11.6. The van der Waals surface area contributed by atoms with Crippen LogP contribution < -0.4 is 16.4 Å². The number of aromatic nitrogens is 2. The van der Waals surface area contributed by atoms with Gasteiger partial charge in [0.25, 0.3) is 0 Å². The molecule has 15 heavy (non-hydrogen) atoms. The largest absolute Gasteiger partial charge is 0.316 e. The highest BCUT2D eigenvalue weighted by Gasteiger charge is 2.07. The Bertz CT molecular complexity index is 429. The fraction of sp³-hybridized carbons (Fsp3) is 0.600. The van der Waals surface area contributed by atoms with E-state index in [4.69, 9.17) is 0 Å². The molecule has 0 saturated carbocycles. The van der Waals surface area contributed by atoms with Crippen molar-refractivity contribution in [2.75, 3.05) is 7.05 Å². The van der Waals surface area contributed by atoms with Gasteiger partial charge in [0.2, 0.25) is 0 Å². The number of hydrogen-bond acceptors (Lipinski definition) is 3. The summed E-state index contributed by atoms with van der Waals surface area (Å²) < 4.78 is 2.74. The zero-order valence-electron chi connectivity index (χ0n) is 9.36. The van der Waals surface area contributed by atoms with Crippen LogP contribution in [0.3, 0.4) is 0 Å². The standard InChI is InChI=1S/C10H17N3O2/c1-4-8(11-2)7-13-6-5-12(3)9(14)10(13)15/h5-6,8,11H,4,7H2,1-3H3. The van der Waals surface area contributed by atoms with Crippen molar-refractivity contribution in [2.45, 2.75) is 25.9 Å². The Labute approximate surface area is 88.4 Å². The Kier molecular flexibility index (Phi) is 3.85. The van der Waals surface area contributed by atoms with Crippen LogP contribution in [0.15, 0.2) is 22.0 Å². The summed E-state index contributed by atoms with van der Waals surface area (Å²) in [5.74, 6) is 0. The van der Waals surface area contributed by atoms with E-state index in [0.29, 0.717) is 6.54 Å². The highest BCUT2D eigenvalue weighted by atomic mass is 16.2. The van der Waals surface area contributed by atoms with Crippen LogP contribution in [-0.2, 0) is 13.6 Å². The van der Waals surface area contributed by atoms with Crippen molar-refractivity contribution in [2.24, 2.45) is 7.05 Å². The van der Waals surface area contributed by atoms with E-state index in [0.717, 1.165) is 6.42 Å². The zero-order valence-corrected chi connectivity index (χ0v) is 9.36. The van der Waals surface area contributed by atoms with Gasteiger partial charge in [-0.05, 0) is 13.5 Å². The maximum Gasteiger partial charge on any atom is 0.316 e. The second-order valence-electron chi connectivity index (χ2n) is 3.57. The molecule has 0 radical (unpaired) electrons. The molecule has 1 N–H and O–H groups in total. The van der Waals surface area contributed by atoms with Gasteiger partial charge in [0, 0.05) is 32.0 Å². The van der Waals surface area contributed by atoms with Gasteiger partial charge in [-0.2, -0.15) is 0 Å². The predicted octanol–water partition coefficient (Wildman–Crippen LogP) is -0.455. The van der Waals surface area contributed by atoms with E-state index in [1.807, 2.05) is 14.0 Å². The summed E-state index contributed by atoms with van der Waals surface area (Å²) in [7, 11) is 3.42. The molecule has 1 unspecified atom stereocenters. The van der Waals surface area contributed by atoms with E-state index in [-0.39, 0.29) is 6.04 Å². The van der Waals surface area contributed by atoms with Crippen LogP contribution in [-0.4, -0.2) is 22.2 Å². The molecule has 5 heteroatoms. The molecule has 1 aromatic heterocycles. The number of nitrogens with zero attached hydrogens (tertiary/aromatic N) is 2. The van der Waals surface area contributed by atoms with Crippen molar-refractivity contribution in [1.82, 2.24) is 14.5 Å². The number of hydrogen-bond donors (Lipinski definition) is 1. The molecule has 1 aromatic rings. The summed E-state index contributed by atoms with van der Waals surface area (Å²) in [4.78, 5) is 22.9. The summed E-state index contributed by atoms with van der Waals surface area (Å²) in [6.07, 6.45) is 4.16. The van der Waals surface area contributed by atoms with Gasteiger partial charge in [-0.25, -0.2) is 0 Å². The van der Waals surface area contributed by atoms with Crippen LogP contribution in [0.4, 0.5) is 0 Å². The van der Waals surface area contributed by atoms with Crippen LogP contribution in [0.2, 0.25) is 0 Å². The topological polar surface area (TPSA) is 56.0 Å². The molecular weight excluding hydrogens is 194 g/mol. The average molecular weight is 211 g/mol. The molecule has 0 bridgehead atoms. The summed E-state index contributed by atoms with van der Waals surface area (Å²) >= 11 is 0. The van der Waals surface area contributed by atoms with Crippen LogP contribution in [0, 0.1) is 0 Å².